The van der Waals surface area contributed by atoms with Gasteiger partial charge in [0, 0.05) is 19.2 Å². The van der Waals surface area contributed by atoms with Gasteiger partial charge in [-0.15, -0.1) is 0 Å². The lowest BCUT2D eigenvalue weighted by atomic mass is 9.87. The molecule has 0 atom stereocenters. The van der Waals surface area contributed by atoms with E-state index in [2.05, 4.69) is 44.8 Å². The van der Waals surface area contributed by atoms with Crippen molar-refractivity contribution in [3.63, 3.8) is 0 Å². The van der Waals surface area contributed by atoms with Crippen LogP contribution in [-0.2, 0) is 10.2 Å². The molecule has 0 aliphatic carbocycles. The van der Waals surface area contributed by atoms with Crippen molar-refractivity contribution in [2.75, 3.05) is 45.5 Å². The highest BCUT2D eigenvalue weighted by molar-refractivity contribution is 6.05. The number of nitrogens with zero attached hydrogens (tertiary/aromatic N) is 1. The summed E-state index contributed by atoms with van der Waals surface area (Å²) in [6.07, 6.45) is 0. The third kappa shape index (κ3) is 7.56. The third-order valence-electron chi connectivity index (χ3n) is 5.09. The maximum absolute atomic E-state index is 13.0. The van der Waals surface area contributed by atoms with E-state index in [1.54, 1.807) is 19.2 Å². The average molecular weight is 429 g/mol. The van der Waals surface area contributed by atoms with Gasteiger partial charge < -0.3 is 24.4 Å². The quantitative estimate of drug-likeness (QED) is 0.514. The number of amides is 1. The van der Waals surface area contributed by atoms with Crippen LogP contribution in [-0.4, -0.2) is 51.0 Å². The zero-order chi connectivity index (χ0) is 22.9. The van der Waals surface area contributed by atoms with Gasteiger partial charge in [-0.25, -0.2) is 0 Å². The number of carbonyl (C=O) groups is 1. The van der Waals surface area contributed by atoms with Crippen LogP contribution in [0.1, 0.15) is 50.5 Å². The van der Waals surface area contributed by atoms with Crippen molar-refractivity contribution >= 4 is 11.6 Å². The molecule has 0 aliphatic rings. The Labute approximate surface area is 186 Å². The molecule has 2 aromatic carbocycles. The molecule has 0 bridgehead atoms. The lowest BCUT2D eigenvalue weighted by Crippen LogP contribution is -2.27. The number of ether oxygens (including phenoxy) is 3. The maximum Gasteiger partial charge on any atom is 0.255 e. The summed E-state index contributed by atoms with van der Waals surface area (Å²) in [5.74, 6) is 1.02. The van der Waals surface area contributed by atoms with Crippen LogP contribution in [0.5, 0.6) is 11.5 Å². The molecule has 2 rings (SSSR count). The van der Waals surface area contributed by atoms with Crippen LogP contribution in [0.2, 0.25) is 0 Å². The summed E-state index contributed by atoms with van der Waals surface area (Å²) in [7, 11) is 1.56. The van der Waals surface area contributed by atoms with Gasteiger partial charge in [0.15, 0.2) is 6.79 Å². The Balaban J connectivity index is 2.15. The summed E-state index contributed by atoms with van der Waals surface area (Å²) in [4.78, 5) is 15.3. The second-order valence-electron chi connectivity index (χ2n) is 8.37. The van der Waals surface area contributed by atoms with Crippen LogP contribution < -0.4 is 14.8 Å². The van der Waals surface area contributed by atoms with Crippen LogP contribution >= 0.6 is 0 Å². The predicted octanol–water partition coefficient (Wildman–Crippen LogP) is 4.94. The number of hydrogen-bond donors (Lipinski definition) is 1. The van der Waals surface area contributed by atoms with Crippen LogP contribution in [0.15, 0.2) is 42.5 Å². The molecular formula is C25H36N2O4. The number of benzene rings is 2. The molecule has 6 nitrogen and oxygen atoms in total. The van der Waals surface area contributed by atoms with Gasteiger partial charge in [0.1, 0.15) is 18.1 Å². The van der Waals surface area contributed by atoms with Crippen molar-refractivity contribution in [3.8, 4) is 11.5 Å². The predicted molar refractivity (Wildman–Crippen MR) is 125 cm³/mol. The van der Waals surface area contributed by atoms with E-state index in [9.17, 15) is 4.79 Å². The second-order valence-corrected chi connectivity index (χ2v) is 8.37. The fourth-order valence-corrected chi connectivity index (χ4v) is 3.10. The van der Waals surface area contributed by atoms with Gasteiger partial charge in [-0.2, -0.15) is 0 Å². The minimum atomic E-state index is -0.220. The molecule has 0 radical (unpaired) electrons. The monoisotopic (exact) mass is 428 g/mol. The number of nitrogens with one attached hydrogen (secondary N) is 1. The van der Waals surface area contributed by atoms with E-state index in [4.69, 9.17) is 14.2 Å². The van der Waals surface area contributed by atoms with Gasteiger partial charge in [-0.05, 0) is 54.4 Å². The number of likely N-dealkylation sites (N-methyl/N-ethyl adjacent to an activating group) is 1. The molecule has 0 saturated heterocycles. The number of hydrogen-bond acceptors (Lipinski definition) is 5. The first-order valence-electron chi connectivity index (χ1n) is 10.8. The molecule has 0 heterocycles. The number of anilines is 1. The Bertz CT molecular complexity index is 842. The molecule has 0 aliphatic heterocycles. The molecule has 2 aromatic rings. The molecule has 0 spiro atoms. The SMILES string of the molecule is CCN(CC)CCOc1cccc(C(=O)Nc2cc(C(C)(C)C)ccc2OCOC)c1. The first-order valence-corrected chi connectivity index (χ1v) is 10.8. The Morgan fingerprint density at radius 3 is 2.42 bits per heavy atom. The Kier molecular flexibility index (Phi) is 9.34. The highest BCUT2D eigenvalue weighted by Gasteiger charge is 2.18. The Morgan fingerprint density at radius 2 is 1.77 bits per heavy atom. The number of methoxy groups -OCH3 is 1. The fraction of sp³-hybridized carbons (Fsp3) is 0.480. The molecule has 6 heteroatoms. The largest absolute Gasteiger partial charge is 0.492 e. The smallest absolute Gasteiger partial charge is 0.255 e. The van der Waals surface area contributed by atoms with E-state index >= 15 is 0 Å². The summed E-state index contributed by atoms with van der Waals surface area (Å²) in [6, 6.07) is 13.1. The highest BCUT2D eigenvalue weighted by Crippen LogP contribution is 2.32. The van der Waals surface area contributed by atoms with E-state index in [0.29, 0.717) is 29.4 Å². The molecule has 0 saturated carbocycles. The van der Waals surface area contributed by atoms with E-state index in [1.807, 2.05) is 30.3 Å². The fourth-order valence-electron chi connectivity index (χ4n) is 3.10. The van der Waals surface area contributed by atoms with E-state index < -0.39 is 0 Å². The zero-order valence-corrected chi connectivity index (χ0v) is 19.7. The number of rotatable bonds is 11. The summed E-state index contributed by atoms with van der Waals surface area (Å²) in [5, 5.41) is 2.98. The van der Waals surface area contributed by atoms with Crippen LogP contribution in [0.4, 0.5) is 5.69 Å². The lowest BCUT2D eigenvalue weighted by molar-refractivity contribution is 0.0515. The van der Waals surface area contributed by atoms with Gasteiger partial charge in [0.25, 0.3) is 5.91 Å². The van der Waals surface area contributed by atoms with Crippen molar-refractivity contribution in [1.82, 2.24) is 4.90 Å². The lowest BCUT2D eigenvalue weighted by Gasteiger charge is -2.21. The van der Waals surface area contributed by atoms with Crippen molar-refractivity contribution < 1.29 is 19.0 Å². The van der Waals surface area contributed by atoms with E-state index in [0.717, 1.165) is 25.2 Å². The molecule has 170 valence electrons. The highest BCUT2D eigenvalue weighted by atomic mass is 16.7. The summed E-state index contributed by atoms with van der Waals surface area (Å²) in [5.41, 5.74) is 2.18. The average Bonchev–Trinajstić information content (AvgIpc) is 2.75. The minimum Gasteiger partial charge on any atom is -0.492 e. The molecular weight excluding hydrogens is 392 g/mol. The molecule has 0 aromatic heterocycles. The van der Waals surface area contributed by atoms with Gasteiger partial charge in [-0.1, -0.05) is 46.8 Å². The van der Waals surface area contributed by atoms with Crippen molar-refractivity contribution in [2.24, 2.45) is 0 Å². The topological polar surface area (TPSA) is 60.0 Å². The second kappa shape index (κ2) is 11.7. The van der Waals surface area contributed by atoms with Crippen molar-refractivity contribution in [3.05, 3.63) is 53.6 Å². The zero-order valence-electron chi connectivity index (χ0n) is 19.7. The summed E-state index contributed by atoms with van der Waals surface area (Å²) in [6.45, 7) is 14.2. The first kappa shape index (κ1) is 24.7. The normalized spacial score (nSPS) is 11.5. The summed E-state index contributed by atoms with van der Waals surface area (Å²) >= 11 is 0. The minimum absolute atomic E-state index is 0.0577. The van der Waals surface area contributed by atoms with Crippen LogP contribution in [0.3, 0.4) is 0 Å². The maximum atomic E-state index is 13.0. The molecule has 1 amide bonds. The van der Waals surface area contributed by atoms with Crippen LogP contribution in [0.25, 0.3) is 0 Å². The number of carbonyl (C=O) groups excluding carboxylic acids is 1. The van der Waals surface area contributed by atoms with E-state index in [-0.39, 0.29) is 18.1 Å². The molecule has 0 fully saturated rings. The van der Waals surface area contributed by atoms with Gasteiger partial charge in [-0.3, -0.25) is 4.79 Å². The molecule has 0 unspecified atom stereocenters. The van der Waals surface area contributed by atoms with Gasteiger partial charge in [0.2, 0.25) is 0 Å². The molecule has 1 N–H and O–H groups in total. The van der Waals surface area contributed by atoms with Crippen molar-refractivity contribution in [1.29, 1.82) is 0 Å². The first-order chi connectivity index (χ1) is 14.8. The van der Waals surface area contributed by atoms with Crippen LogP contribution in [0, 0.1) is 0 Å². The van der Waals surface area contributed by atoms with Gasteiger partial charge in [0.05, 0.1) is 5.69 Å². The van der Waals surface area contributed by atoms with E-state index in [1.165, 1.54) is 0 Å². The standard InChI is InChI=1S/C25H36N2O4/c1-7-27(8-2)14-15-30-21-11-9-10-19(16-21)24(28)26-22-17-20(25(3,4)5)12-13-23(22)31-18-29-6/h9-13,16-17H,7-8,14-15,18H2,1-6H3,(H,26,28). The third-order valence-corrected chi connectivity index (χ3v) is 5.09. The van der Waals surface area contributed by atoms with Gasteiger partial charge >= 0.3 is 0 Å². The van der Waals surface area contributed by atoms with Crippen molar-refractivity contribution in [2.45, 2.75) is 40.0 Å². The Morgan fingerprint density at radius 1 is 1.03 bits per heavy atom. The summed E-state index contributed by atoms with van der Waals surface area (Å²) < 4.78 is 16.5. The molecule has 31 heavy (non-hydrogen) atoms. The Hall–Kier alpha value is -2.57.